The van der Waals surface area contributed by atoms with Crippen molar-refractivity contribution in [2.24, 2.45) is 0 Å². The Morgan fingerprint density at radius 2 is 2.26 bits per heavy atom. The standard InChI is InChI=1S/C11H10N4O2S2/c1-7-12-9(6-18-7)4-10-13-14-11(17-10)19-5-8-2-3-16-15-8/h2-3,6H,4-5H2,1H3. The molecular formula is C11H10N4O2S2. The summed E-state index contributed by atoms with van der Waals surface area (Å²) in [5, 5.41) is 15.4. The van der Waals surface area contributed by atoms with Crippen molar-refractivity contribution in [3.05, 3.63) is 40.0 Å². The van der Waals surface area contributed by atoms with Crippen molar-refractivity contribution < 1.29 is 8.94 Å². The maximum Gasteiger partial charge on any atom is 0.276 e. The van der Waals surface area contributed by atoms with Crippen LogP contribution in [-0.4, -0.2) is 20.3 Å². The summed E-state index contributed by atoms with van der Waals surface area (Å²) in [6, 6.07) is 1.81. The maximum atomic E-state index is 5.54. The lowest BCUT2D eigenvalue weighted by Gasteiger charge is -1.91. The molecule has 3 heterocycles. The van der Waals surface area contributed by atoms with Gasteiger partial charge in [-0.1, -0.05) is 16.9 Å². The normalized spacial score (nSPS) is 11.0. The molecule has 8 heteroatoms. The Balaban J connectivity index is 1.60. The van der Waals surface area contributed by atoms with Crippen LogP contribution in [0.1, 0.15) is 22.3 Å². The van der Waals surface area contributed by atoms with Crippen molar-refractivity contribution in [2.45, 2.75) is 24.3 Å². The zero-order valence-electron chi connectivity index (χ0n) is 10.1. The molecule has 0 aromatic carbocycles. The van der Waals surface area contributed by atoms with Gasteiger partial charge < -0.3 is 8.94 Å². The Kier molecular flexibility index (Phi) is 3.60. The van der Waals surface area contributed by atoms with Gasteiger partial charge in [0.1, 0.15) is 6.26 Å². The van der Waals surface area contributed by atoms with Gasteiger partial charge in [-0.05, 0) is 6.92 Å². The van der Waals surface area contributed by atoms with Gasteiger partial charge in [0, 0.05) is 17.2 Å². The van der Waals surface area contributed by atoms with Crippen LogP contribution in [0.4, 0.5) is 0 Å². The van der Waals surface area contributed by atoms with Crippen molar-refractivity contribution in [3.63, 3.8) is 0 Å². The molecule has 98 valence electrons. The van der Waals surface area contributed by atoms with E-state index in [9.17, 15) is 0 Å². The molecule has 3 aromatic rings. The van der Waals surface area contributed by atoms with E-state index in [0.29, 0.717) is 23.3 Å². The summed E-state index contributed by atoms with van der Waals surface area (Å²) in [6.07, 6.45) is 2.11. The molecule has 19 heavy (non-hydrogen) atoms. The molecule has 0 fully saturated rings. The largest absolute Gasteiger partial charge is 0.416 e. The van der Waals surface area contributed by atoms with Gasteiger partial charge in [-0.3, -0.25) is 0 Å². The van der Waals surface area contributed by atoms with Crippen LogP contribution in [0.5, 0.6) is 0 Å². The second-order valence-corrected chi connectivity index (χ2v) is 5.76. The highest BCUT2D eigenvalue weighted by Gasteiger charge is 2.10. The minimum absolute atomic E-state index is 0.532. The lowest BCUT2D eigenvalue weighted by Crippen LogP contribution is -1.88. The Bertz CT molecular complexity index is 647. The first kappa shape index (κ1) is 12.4. The van der Waals surface area contributed by atoms with Crippen molar-refractivity contribution in [3.8, 4) is 0 Å². The monoisotopic (exact) mass is 294 g/mol. The summed E-state index contributed by atoms with van der Waals surface area (Å²) < 4.78 is 10.3. The average Bonchev–Trinajstić information content (AvgIpc) is 3.10. The van der Waals surface area contributed by atoms with Crippen molar-refractivity contribution in [1.29, 1.82) is 0 Å². The van der Waals surface area contributed by atoms with E-state index in [4.69, 9.17) is 8.94 Å². The molecule has 0 amide bonds. The van der Waals surface area contributed by atoms with Gasteiger partial charge in [-0.25, -0.2) is 4.98 Å². The predicted octanol–water partition coefficient (Wildman–Crippen LogP) is 2.71. The number of rotatable bonds is 5. The molecule has 0 spiro atoms. The fourth-order valence-electron chi connectivity index (χ4n) is 1.46. The van der Waals surface area contributed by atoms with Crippen LogP contribution in [0.25, 0.3) is 0 Å². The number of hydrogen-bond donors (Lipinski definition) is 0. The number of aromatic nitrogens is 4. The average molecular weight is 294 g/mol. The van der Waals surface area contributed by atoms with E-state index < -0.39 is 0 Å². The first-order valence-electron chi connectivity index (χ1n) is 5.55. The molecule has 0 bridgehead atoms. The van der Waals surface area contributed by atoms with Gasteiger partial charge in [0.05, 0.1) is 22.8 Å². The van der Waals surface area contributed by atoms with Gasteiger partial charge >= 0.3 is 0 Å². The summed E-state index contributed by atoms with van der Waals surface area (Å²) in [7, 11) is 0. The second kappa shape index (κ2) is 5.54. The molecule has 3 rings (SSSR count). The molecule has 0 radical (unpaired) electrons. The van der Waals surface area contributed by atoms with Crippen LogP contribution >= 0.6 is 23.1 Å². The second-order valence-electron chi connectivity index (χ2n) is 3.78. The third-order valence-electron chi connectivity index (χ3n) is 2.28. The lowest BCUT2D eigenvalue weighted by atomic mass is 10.3. The number of thioether (sulfide) groups is 1. The van der Waals surface area contributed by atoms with Gasteiger partial charge in [0.15, 0.2) is 0 Å². The molecule has 0 N–H and O–H groups in total. The quantitative estimate of drug-likeness (QED) is 0.669. The molecule has 0 saturated carbocycles. The van der Waals surface area contributed by atoms with Crippen LogP contribution in [0.3, 0.4) is 0 Å². The van der Waals surface area contributed by atoms with E-state index in [2.05, 4.69) is 20.3 Å². The molecular weight excluding hydrogens is 284 g/mol. The van der Waals surface area contributed by atoms with Crippen LogP contribution < -0.4 is 0 Å². The molecule has 0 saturated heterocycles. The van der Waals surface area contributed by atoms with E-state index in [-0.39, 0.29) is 0 Å². The van der Waals surface area contributed by atoms with Crippen molar-refractivity contribution in [2.75, 3.05) is 0 Å². The molecule has 0 aliphatic carbocycles. The van der Waals surface area contributed by atoms with Gasteiger partial charge in [-0.2, -0.15) is 0 Å². The highest BCUT2D eigenvalue weighted by molar-refractivity contribution is 7.98. The molecule has 0 aliphatic heterocycles. The highest BCUT2D eigenvalue weighted by Crippen LogP contribution is 2.21. The summed E-state index contributed by atoms with van der Waals surface area (Å²) in [4.78, 5) is 4.36. The first-order chi connectivity index (χ1) is 9.29. The minimum Gasteiger partial charge on any atom is -0.416 e. The highest BCUT2D eigenvalue weighted by atomic mass is 32.2. The SMILES string of the molecule is Cc1nc(Cc2nnc(SCc3ccon3)o2)cs1. The Morgan fingerprint density at radius 1 is 1.32 bits per heavy atom. The van der Waals surface area contributed by atoms with Crippen LogP contribution in [0.15, 0.2) is 31.9 Å². The van der Waals surface area contributed by atoms with E-state index >= 15 is 0 Å². The Morgan fingerprint density at radius 3 is 3.00 bits per heavy atom. The zero-order chi connectivity index (χ0) is 13.1. The molecule has 6 nitrogen and oxygen atoms in total. The third-order valence-corrected chi connectivity index (χ3v) is 3.96. The number of hydrogen-bond acceptors (Lipinski definition) is 8. The van der Waals surface area contributed by atoms with E-state index in [0.717, 1.165) is 16.4 Å². The number of nitrogens with zero attached hydrogens (tertiary/aromatic N) is 4. The van der Waals surface area contributed by atoms with Gasteiger partial charge in [0.25, 0.3) is 5.22 Å². The van der Waals surface area contributed by atoms with E-state index in [1.165, 1.54) is 11.8 Å². The van der Waals surface area contributed by atoms with E-state index in [1.807, 2.05) is 18.4 Å². The lowest BCUT2D eigenvalue weighted by molar-refractivity contribution is 0.412. The maximum absolute atomic E-state index is 5.54. The van der Waals surface area contributed by atoms with E-state index in [1.54, 1.807) is 17.6 Å². The van der Waals surface area contributed by atoms with Crippen LogP contribution in [0.2, 0.25) is 0 Å². The fraction of sp³-hybridized carbons (Fsp3) is 0.273. The zero-order valence-corrected chi connectivity index (χ0v) is 11.7. The molecule has 0 atom stereocenters. The molecule has 3 aromatic heterocycles. The number of aryl methyl sites for hydroxylation is 1. The Labute approximate surface area is 117 Å². The van der Waals surface area contributed by atoms with Crippen LogP contribution in [0, 0.1) is 6.92 Å². The molecule has 0 unspecified atom stereocenters. The van der Waals surface area contributed by atoms with Crippen molar-refractivity contribution >= 4 is 23.1 Å². The number of thiazole rings is 1. The summed E-state index contributed by atoms with van der Waals surface area (Å²) in [5.74, 6) is 1.22. The van der Waals surface area contributed by atoms with Gasteiger partial charge in [0.2, 0.25) is 5.89 Å². The summed E-state index contributed by atoms with van der Waals surface area (Å²) in [6.45, 7) is 1.97. The smallest absolute Gasteiger partial charge is 0.276 e. The summed E-state index contributed by atoms with van der Waals surface area (Å²) in [5.41, 5.74) is 1.80. The third kappa shape index (κ3) is 3.21. The predicted molar refractivity (Wildman–Crippen MR) is 70.0 cm³/mol. The molecule has 0 aliphatic rings. The first-order valence-corrected chi connectivity index (χ1v) is 7.41. The van der Waals surface area contributed by atoms with Gasteiger partial charge in [-0.15, -0.1) is 21.5 Å². The van der Waals surface area contributed by atoms with Crippen molar-refractivity contribution in [1.82, 2.24) is 20.3 Å². The minimum atomic E-state index is 0.532. The van der Waals surface area contributed by atoms with Crippen LogP contribution in [-0.2, 0) is 12.2 Å². The fourth-order valence-corrected chi connectivity index (χ4v) is 2.75. The Hall–Kier alpha value is -1.67. The summed E-state index contributed by atoms with van der Waals surface area (Å²) >= 11 is 3.05. The topological polar surface area (TPSA) is 77.8 Å².